The molecule has 3 heteroatoms. The maximum absolute atomic E-state index is 13.0. The molecular weight excluding hydrogens is 287 g/mol. The van der Waals surface area contributed by atoms with Gasteiger partial charge in [0.1, 0.15) is 5.82 Å². The van der Waals surface area contributed by atoms with Crippen LogP contribution in [0, 0.1) is 5.82 Å². The Morgan fingerprint density at radius 3 is 2.26 bits per heavy atom. The van der Waals surface area contributed by atoms with E-state index in [1.54, 1.807) is 12.1 Å². The van der Waals surface area contributed by atoms with Gasteiger partial charge in [-0.15, -0.1) is 0 Å². The van der Waals surface area contributed by atoms with Gasteiger partial charge < -0.3 is 0 Å². The summed E-state index contributed by atoms with van der Waals surface area (Å²) < 4.78 is 13.0. The summed E-state index contributed by atoms with van der Waals surface area (Å²) in [5.74, 6) is -0.157. The maximum Gasteiger partial charge on any atom is 0.123 e. The van der Waals surface area contributed by atoms with E-state index in [1.807, 2.05) is 12.1 Å². The quantitative estimate of drug-likeness (QED) is 0.825. The predicted octanol–water partition coefficient (Wildman–Crippen LogP) is 3.92. The standard InChI is InChI=1S/C20H25FN2/c1-22(15-17-5-3-2-4-6-17)20-11-13-23(14-12-20)16-18-7-9-19(21)10-8-18/h2-10,20H,11-16H2,1H3. The molecule has 3 rings (SSSR count). The summed E-state index contributed by atoms with van der Waals surface area (Å²) in [6, 6.07) is 18.2. The van der Waals surface area contributed by atoms with Crippen molar-refractivity contribution in [3.63, 3.8) is 0 Å². The molecule has 2 nitrogen and oxygen atoms in total. The van der Waals surface area contributed by atoms with Crippen molar-refractivity contribution in [1.82, 2.24) is 9.80 Å². The van der Waals surface area contributed by atoms with Crippen LogP contribution in [0.4, 0.5) is 4.39 Å². The van der Waals surface area contributed by atoms with Crippen LogP contribution in [-0.4, -0.2) is 36.0 Å². The third-order valence-corrected chi connectivity index (χ3v) is 4.77. The van der Waals surface area contributed by atoms with Gasteiger partial charge in [0, 0.05) is 19.1 Å². The van der Waals surface area contributed by atoms with Crippen molar-refractivity contribution in [2.24, 2.45) is 0 Å². The molecule has 1 heterocycles. The van der Waals surface area contributed by atoms with E-state index in [1.165, 1.54) is 24.0 Å². The van der Waals surface area contributed by atoms with E-state index < -0.39 is 0 Å². The molecule has 0 spiro atoms. The molecule has 0 bridgehead atoms. The SMILES string of the molecule is CN(Cc1ccccc1)C1CCN(Cc2ccc(F)cc2)CC1. The summed E-state index contributed by atoms with van der Waals surface area (Å²) in [4.78, 5) is 4.95. The van der Waals surface area contributed by atoms with Gasteiger partial charge in [-0.25, -0.2) is 4.39 Å². The fraction of sp³-hybridized carbons (Fsp3) is 0.400. The van der Waals surface area contributed by atoms with Crippen molar-refractivity contribution in [3.8, 4) is 0 Å². The van der Waals surface area contributed by atoms with E-state index in [0.717, 1.165) is 26.2 Å². The van der Waals surface area contributed by atoms with Gasteiger partial charge >= 0.3 is 0 Å². The summed E-state index contributed by atoms with van der Waals surface area (Å²) in [5.41, 5.74) is 2.58. The summed E-state index contributed by atoms with van der Waals surface area (Å²) in [6.45, 7) is 4.17. The zero-order chi connectivity index (χ0) is 16.1. The molecule has 23 heavy (non-hydrogen) atoms. The molecule has 2 aromatic rings. The highest BCUT2D eigenvalue weighted by Crippen LogP contribution is 2.19. The molecule has 1 fully saturated rings. The van der Waals surface area contributed by atoms with E-state index >= 15 is 0 Å². The Labute approximate surface area is 138 Å². The average molecular weight is 312 g/mol. The molecular formula is C20H25FN2. The topological polar surface area (TPSA) is 6.48 Å². The van der Waals surface area contributed by atoms with Crippen LogP contribution >= 0.6 is 0 Å². The average Bonchev–Trinajstić information content (AvgIpc) is 2.58. The molecule has 1 aliphatic rings. The Hall–Kier alpha value is -1.71. The van der Waals surface area contributed by atoms with Crippen molar-refractivity contribution in [1.29, 1.82) is 0 Å². The Morgan fingerprint density at radius 2 is 1.61 bits per heavy atom. The minimum absolute atomic E-state index is 0.157. The third kappa shape index (κ3) is 4.63. The maximum atomic E-state index is 13.0. The summed E-state index contributed by atoms with van der Waals surface area (Å²) in [7, 11) is 2.23. The largest absolute Gasteiger partial charge is 0.299 e. The van der Waals surface area contributed by atoms with Gasteiger partial charge in [0.2, 0.25) is 0 Å². The first-order chi connectivity index (χ1) is 11.2. The summed E-state index contributed by atoms with van der Waals surface area (Å²) in [6.07, 6.45) is 2.40. The molecule has 1 saturated heterocycles. The van der Waals surface area contributed by atoms with Crippen LogP contribution in [0.5, 0.6) is 0 Å². The fourth-order valence-electron chi connectivity index (χ4n) is 3.37. The van der Waals surface area contributed by atoms with Crippen LogP contribution in [0.2, 0.25) is 0 Å². The first-order valence-corrected chi connectivity index (χ1v) is 8.41. The number of nitrogens with zero attached hydrogens (tertiary/aromatic N) is 2. The molecule has 0 amide bonds. The van der Waals surface area contributed by atoms with Gasteiger partial charge in [0.25, 0.3) is 0 Å². The molecule has 0 unspecified atom stereocenters. The van der Waals surface area contributed by atoms with Crippen molar-refractivity contribution in [2.45, 2.75) is 32.0 Å². The number of likely N-dealkylation sites (tertiary alicyclic amines) is 1. The molecule has 0 atom stereocenters. The molecule has 2 aromatic carbocycles. The normalized spacial score (nSPS) is 16.8. The fourth-order valence-corrected chi connectivity index (χ4v) is 3.37. The molecule has 0 N–H and O–H groups in total. The first kappa shape index (κ1) is 16.2. The van der Waals surface area contributed by atoms with Gasteiger partial charge in [0.05, 0.1) is 0 Å². The van der Waals surface area contributed by atoms with Crippen LogP contribution in [0.25, 0.3) is 0 Å². The van der Waals surface area contributed by atoms with Crippen LogP contribution < -0.4 is 0 Å². The highest BCUT2D eigenvalue weighted by molar-refractivity contribution is 5.16. The second-order valence-corrected chi connectivity index (χ2v) is 6.53. The van der Waals surface area contributed by atoms with Gasteiger partial charge in [-0.3, -0.25) is 9.80 Å². The number of halogens is 1. The molecule has 0 radical (unpaired) electrons. The van der Waals surface area contributed by atoms with E-state index in [9.17, 15) is 4.39 Å². The molecule has 0 aromatic heterocycles. The van der Waals surface area contributed by atoms with Crippen LogP contribution in [-0.2, 0) is 13.1 Å². The van der Waals surface area contributed by atoms with E-state index in [-0.39, 0.29) is 5.82 Å². The molecule has 122 valence electrons. The number of rotatable bonds is 5. The Balaban J connectivity index is 1.47. The number of hydrogen-bond donors (Lipinski definition) is 0. The lowest BCUT2D eigenvalue weighted by Gasteiger charge is -2.36. The second-order valence-electron chi connectivity index (χ2n) is 6.53. The van der Waals surface area contributed by atoms with Crippen molar-refractivity contribution >= 4 is 0 Å². The first-order valence-electron chi connectivity index (χ1n) is 8.41. The van der Waals surface area contributed by atoms with Crippen LogP contribution in [0.1, 0.15) is 24.0 Å². The minimum atomic E-state index is -0.157. The molecule has 0 aliphatic carbocycles. The van der Waals surface area contributed by atoms with Crippen molar-refractivity contribution < 1.29 is 4.39 Å². The number of hydrogen-bond acceptors (Lipinski definition) is 2. The lowest BCUT2D eigenvalue weighted by molar-refractivity contribution is 0.119. The van der Waals surface area contributed by atoms with E-state index in [0.29, 0.717) is 6.04 Å². The van der Waals surface area contributed by atoms with Crippen LogP contribution in [0.15, 0.2) is 54.6 Å². The summed E-state index contributed by atoms with van der Waals surface area (Å²) >= 11 is 0. The van der Waals surface area contributed by atoms with Gasteiger partial charge in [-0.05, 0) is 56.2 Å². The molecule has 1 aliphatic heterocycles. The predicted molar refractivity (Wildman–Crippen MR) is 92.6 cm³/mol. The highest BCUT2D eigenvalue weighted by atomic mass is 19.1. The molecule has 0 saturated carbocycles. The Morgan fingerprint density at radius 1 is 0.957 bits per heavy atom. The van der Waals surface area contributed by atoms with Crippen molar-refractivity contribution in [2.75, 3.05) is 20.1 Å². The zero-order valence-electron chi connectivity index (χ0n) is 13.8. The van der Waals surface area contributed by atoms with E-state index in [4.69, 9.17) is 0 Å². The number of piperidine rings is 1. The minimum Gasteiger partial charge on any atom is -0.299 e. The Kier molecular flexibility index (Phi) is 5.42. The highest BCUT2D eigenvalue weighted by Gasteiger charge is 2.22. The lowest BCUT2D eigenvalue weighted by atomic mass is 10.0. The second kappa shape index (κ2) is 7.71. The van der Waals surface area contributed by atoms with E-state index in [2.05, 4.69) is 47.2 Å². The zero-order valence-corrected chi connectivity index (χ0v) is 13.8. The Bertz CT molecular complexity index is 589. The lowest BCUT2D eigenvalue weighted by Crippen LogP contribution is -2.42. The third-order valence-electron chi connectivity index (χ3n) is 4.77. The van der Waals surface area contributed by atoms with Gasteiger partial charge in [-0.1, -0.05) is 42.5 Å². The monoisotopic (exact) mass is 312 g/mol. The summed E-state index contributed by atoms with van der Waals surface area (Å²) in [5, 5.41) is 0. The van der Waals surface area contributed by atoms with Gasteiger partial charge in [0.15, 0.2) is 0 Å². The van der Waals surface area contributed by atoms with Crippen molar-refractivity contribution in [3.05, 3.63) is 71.5 Å². The van der Waals surface area contributed by atoms with Gasteiger partial charge in [-0.2, -0.15) is 0 Å². The smallest absolute Gasteiger partial charge is 0.123 e. The number of benzene rings is 2. The van der Waals surface area contributed by atoms with Crippen LogP contribution in [0.3, 0.4) is 0 Å².